The second-order valence-corrected chi connectivity index (χ2v) is 6.26. The molecule has 1 aliphatic rings. The quantitative estimate of drug-likeness (QED) is 0.795. The van der Waals surface area contributed by atoms with Crippen molar-refractivity contribution in [1.29, 1.82) is 0 Å². The third-order valence-electron chi connectivity index (χ3n) is 3.50. The molecule has 0 saturated heterocycles. The molecule has 3 rings (SSSR count). The third kappa shape index (κ3) is 2.19. The summed E-state index contributed by atoms with van der Waals surface area (Å²) in [6.07, 6.45) is 3.14. The van der Waals surface area contributed by atoms with Crippen LogP contribution in [0.25, 0.3) is 5.69 Å². The first-order valence-corrected chi connectivity index (χ1v) is 6.69. The number of nitrogens with zero attached hydrogens (tertiary/aromatic N) is 2. The molecule has 0 bridgehead atoms. The van der Waals surface area contributed by atoms with E-state index in [0.717, 1.165) is 23.5 Å². The van der Waals surface area contributed by atoms with E-state index < -0.39 is 0 Å². The molecule has 0 radical (unpaired) electrons. The number of aromatic nitrogens is 2. The highest BCUT2D eigenvalue weighted by Crippen LogP contribution is 2.34. The van der Waals surface area contributed by atoms with E-state index >= 15 is 0 Å². The molecule has 19 heavy (non-hydrogen) atoms. The van der Waals surface area contributed by atoms with Crippen LogP contribution in [0.1, 0.15) is 36.5 Å². The van der Waals surface area contributed by atoms with Crippen molar-refractivity contribution in [1.82, 2.24) is 9.55 Å². The highest BCUT2D eigenvalue weighted by molar-refractivity contribution is 6.30. The molecule has 1 heterocycles. The zero-order valence-electron chi connectivity index (χ0n) is 11.0. The van der Waals surface area contributed by atoms with Crippen LogP contribution in [0.3, 0.4) is 0 Å². The number of carbonyl (C=O) groups excluding carboxylic acids is 1. The van der Waals surface area contributed by atoms with Crippen LogP contribution < -0.4 is 0 Å². The summed E-state index contributed by atoms with van der Waals surface area (Å²) in [5.41, 5.74) is 2.55. The van der Waals surface area contributed by atoms with Crippen molar-refractivity contribution in [3.8, 4) is 5.69 Å². The minimum Gasteiger partial charge on any atom is -0.296 e. The van der Waals surface area contributed by atoms with E-state index in [9.17, 15) is 4.79 Å². The van der Waals surface area contributed by atoms with Gasteiger partial charge in [0.05, 0.1) is 5.69 Å². The van der Waals surface area contributed by atoms with Gasteiger partial charge in [0.15, 0.2) is 5.78 Å². The third-order valence-corrected chi connectivity index (χ3v) is 3.75. The molecular weight excluding hydrogens is 260 g/mol. The molecule has 1 aromatic carbocycles. The number of fused-ring (bicyclic) bond motifs is 1. The van der Waals surface area contributed by atoms with Crippen molar-refractivity contribution in [2.45, 2.75) is 26.7 Å². The van der Waals surface area contributed by atoms with Gasteiger partial charge in [0.1, 0.15) is 12.0 Å². The van der Waals surface area contributed by atoms with Gasteiger partial charge in [0, 0.05) is 17.1 Å². The minimum absolute atomic E-state index is 0.00324. The zero-order chi connectivity index (χ0) is 13.6. The predicted molar refractivity (Wildman–Crippen MR) is 75.0 cm³/mol. The topological polar surface area (TPSA) is 34.9 Å². The second-order valence-electron chi connectivity index (χ2n) is 5.83. The Morgan fingerprint density at radius 2 is 1.89 bits per heavy atom. The standard InChI is InChI=1S/C15H15ClN2O/c1-15(2)7-12-14(13(19)8-15)18(9-17-12)11-5-3-10(16)4-6-11/h3-6,9H,7-8H2,1-2H3. The molecule has 0 N–H and O–H groups in total. The van der Waals surface area contributed by atoms with Crippen LogP contribution in [0.5, 0.6) is 0 Å². The first-order valence-electron chi connectivity index (χ1n) is 6.32. The van der Waals surface area contributed by atoms with E-state index in [0.29, 0.717) is 11.4 Å². The Labute approximate surface area is 117 Å². The smallest absolute Gasteiger partial charge is 0.182 e. The fourth-order valence-corrected chi connectivity index (χ4v) is 2.77. The lowest BCUT2D eigenvalue weighted by atomic mass is 9.77. The Morgan fingerprint density at radius 3 is 2.58 bits per heavy atom. The summed E-state index contributed by atoms with van der Waals surface area (Å²) < 4.78 is 1.86. The molecule has 0 fully saturated rings. The van der Waals surface area contributed by atoms with Gasteiger partial charge >= 0.3 is 0 Å². The maximum Gasteiger partial charge on any atom is 0.182 e. The summed E-state index contributed by atoms with van der Waals surface area (Å²) in [5, 5.41) is 0.685. The van der Waals surface area contributed by atoms with Crippen molar-refractivity contribution >= 4 is 17.4 Å². The lowest BCUT2D eigenvalue weighted by Crippen LogP contribution is -2.28. The maximum atomic E-state index is 12.3. The van der Waals surface area contributed by atoms with Crippen LogP contribution in [-0.2, 0) is 6.42 Å². The van der Waals surface area contributed by atoms with E-state index in [1.807, 2.05) is 28.8 Å². The number of Topliss-reactive ketones (excluding diaryl/α,β-unsaturated/α-hetero) is 1. The zero-order valence-corrected chi connectivity index (χ0v) is 11.7. The number of imidazole rings is 1. The van der Waals surface area contributed by atoms with Crippen molar-refractivity contribution in [2.24, 2.45) is 5.41 Å². The molecule has 0 atom stereocenters. The Bertz CT molecular complexity index is 641. The van der Waals surface area contributed by atoms with Crippen molar-refractivity contribution in [2.75, 3.05) is 0 Å². The van der Waals surface area contributed by atoms with Gasteiger partial charge in [-0.1, -0.05) is 25.4 Å². The van der Waals surface area contributed by atoms with Crippen LogP contribution in [0.4, 0.5) is 0 Å². The Hall–Kier alpha value is -1.61. The fraction of sp³-hybridized carbons (Fsp3) is 0.333. The lowest BCUT2D eigenvalue weighted by Gasteiger charge is -2.28. The van der Waals surface area contributed by atoms with Crippen molar-refractivity contribution in [3.05, 3.63) is 47.0 Å². The first-order chi connectivity index (χ1) is 8.96. The van der Waals surface area contributed by atoms with Gasteiger partial charge in [0.25, 0.3) is 0 Å². The molecule has 4 heteroatoms. The van der Waals surface area contributed by atoms with Crippen LogP contribution in [0.15, 0.2) is 30.6 Å². The van der Waals surface area contributed by atoms with E-state index in [4.69, 9.17) is 11.6 Å². The van der Waals surface area contributed by atoms with E-state index in [2.05, 4.69) is 18.8 Å². The summed E-state index contributed by atoms with van der Waals surface area (Å²) in [4.78, 5) is 16.7. The summed E-state index contributed by atoms with van der Waals surface area (Å²) in [6.45, 7) is 4.21. The molecule has 1 aliphatic carbocycles. The summed E-state index contributed by atoms with van der Waals surface area (Å²) in [5.74, 6) is 0.165. The van der Waals surface area contributed by atoms with Gasteiger partial charge in [0.2, 0.25) is 0 Å². The van der Waals surface area contributed by atoms with Crippen LogP contribution in [0.2, 0.25) is 5.02 Å². The van der Waals surface area contributed by atoms with Crippen molar-refractivity contribution < 1.29 is 4.79 Å². The molecule has 0 saturated carbocycles. The molecular formula is C15H15ClN2O. The number of hydrogen-bond acceptors (Lipinski definition) is 2. The minimum atomic E-state index is 0.00324. The highest BCUT2D eigenvalue weighted by Gasteiger charge is 2.34. The van der Waals surface area contributed by atoms with Gasteiger partial charge in [-0.3, -0.25) is 9.36 Å². The SMILES string of the molecule is CC1(C)CC(=O)c2c(ncn2-c2ccc(Cl)cc2)C1. The molecule has 3 nitrogen and oxygen atoms in total. The molecule has 1 aromatic heterocycles. The lowest BCUT2D eigenvalue weighted by molar-refractivity contribution is 0.0904. The molecule has 98 valence electrons. The van der Waals surface area contributed by atoms with Crippen LogP contribution in [0, 0.1) is 5.41 Å². The van der Waals surface area contributed by atoms with Gasteiger partial charge in [-0.05, 0) is 36.1 Å². The van der Waals surface area contributed by atoms with E-state index in [1.165, 1.54) is 0 Å². The Balaban J connectivity index is 2.09. The Morgan fingerprint density at radius 1 is 1.21 bits per heavy atom. The summed E-state index contributed by atoms with van der Waals surface area (Å²) >= 11 is 5.89. The highest BCUT2D eigenvalue weighted by atomic mass is 35.5. The predicted octanol–water partition coefficient (Wildman–Crippen LogP) is 3.68. The maximum absolute atomic E-state index is 12.3. The number of ketones is 1. The monoisotopic (exact) mass is 274 g/mol. The first kappa shape index (κ1) is 12.4. The fourth-order valence-electron chi connectivity index (χ4n) is 2.64. The van der Waals surface area contributed by atoms with Crippen molar-refractivity contribution in [3.63, 3.8) is 0 Å². The molecule has 0 aliphatic heterocycles. The molecule has 0 amide bonds. The summed E-state index contributed by atoms with van der Waals surface area (Å²) in [6, 6.07) is 7.44. The van der Waals surface area contributed by atoms with E-state index in [-0.39, 0.29) is 11.2 Å². The van der Waals surface area contributed by atoms with Crippen LogP contribution in [-0.4, -0.2) is 15.3 Å². The summed E-state index contributed by atoms with van der Waals surface area (Å²) in [7, 11) is 0. The van der Waals surface area contributed by atoms with Crippen LogP contribution >= 0.6 is 11.6 Å². The molecule has 0 spiro atoms. The largest absolute Gasteiger partial charge is 0.296 e. The average Bonchev–Trinajstić information content (AvgIpc) is 2.72. The number of halogens is 1. The second kappa shape index (κ2) is 4.20. The average molecular weight is 275 g/mol. The molecule has 0 unspecified atom stereocenters. The number of benzene rings is 1. The van der Waals surface area contributed by atoms with Gasteiger partial charge in [-0.25, -0.2) is 4.98 Å². The number of carbonyl (C=O) groups is 1. The van der Waals surface area contributed by atoms with Gasteiger partial charge in [-0.2, -0.15) is 0 Å². The van der Waals surface area contributed by atoms with Gasteiger partial charge in [-0.15, -0.1) is 0 Å². The Kier molecular flexibility index (Phi) is 2.75. The number of hydrogen-bond donors (Lipinski definition) is 0. The normalized spacial score (nSPS) is 17.3. The number of rotatable bonds is 1. The van der Waals surface area contributed by atoms with Gasteiger partial charge < -0.3 is 0 Å². The van der Waals surface area contributed by atoms with E-state index in [1.54, 1.807) is 6.33 Å². The molecule has 2 aromatic rings.